The topological polar surface area (TPSA) is 74.3 Å². The Labute approximate surface area is 185 Å². The van der Waals surface area contributed by atoms with Crippen molar-refractivity contribution in [1.29, 1.82) is 0 Å². The molecule has 1 atom stereocenters. The van der Waals surface area contributed by atoms with E-state index in [0.717, 1.165) is 40.1 Å². The number of hydrogen-bond acceptors (Lipinski definition) is 5. The van der Waals surface area contributed by atoms with E-state index in [0.29, 0.717) is 32.0 Å². The molecule has 1 N–H and O–H groups in total. The number of anilines is 2. The number of rotatable bonds is 3. The number of amides is 1. The van der Waals surface area contributed by atoms with Gasteiger partial charge in [-0.15, -0.1) is 0 Å². The van der Waals surface area contributed by atoms with Gasteiger partial charge in [0.25, 0.3) is 0 Å². The first-order valence-electron chi connectivity index (χ1n) is 10.9. The summed E-state index contributed by atoms with van der Waals surface area (Å²) in [6.07, 6.45) is 4.07. The normalized spacial score (nSPS) is 17.8. The average molecular weight is 425 g/mol. The van der Waals surface area contributed by atoms with Crippen LogP contribution in [0, 0.1) is 0 Å². The van der Waals surface area contributed by atoms with Crippen LogP contribution in [0.25, 0.3) is 22.3 Å². The van der Waals surface area contributed by atoms with Gasteiger partial charge >= 0.3 is 0 Å². The molecule has 7 nitrogen and oxygen atoms in total. The summed E-state index contributed by atoms with van der Waals surface area (Å²) in [5.74, 6) is 1.52. The van der Waals surface area contributed by atoms with Gasteiger partial charge in [0, 0.05) is 35.8 Å². The molecule has 6 rings (SSSR count). The number of morpholine rings is 1. The predicted octanol–water partition coefficient (Wildman–Crippen LogP) is 3.42. The van der Waals surface area contributed by atoms with Crippen molar-refractivity contribution in [2.45, 2.75) is 12.5 Å². The zero-order valence-electron chi connectivity index (χ0n) is 17.6. The molecule has 32 heavy (non-hydrogen) atoms. The van der Waals surface area contributed by atoms with Crippen molar-refractivity contribution in [1.82, 2.24) is 15.0 Å². The van der Waals surface area contributed by atoms with E-state index in [1.165, 1.54) is 0 Å². The number of aromatic nitrogens is 3. The van der Waals surface area contributed by atoms with Crippen LogP contribution in [0.3, 0.4) is 0 Å². The molecule has 0 saturated carbocycles. The van der Waals surface area contributed by atoms with E-state index in [4.69, 9.17) is 14.7 Å². The van der Waals surface area contributed by atoms with Gasteiger partial charge < -0.3 is 19.5 Å². The molecule has 2 aliphatic heterocycles. The molecule has 0 bridgehead atoms. The van der Waals surface area contributed by atoms with Crippen molar-refractivity contribution in [3.8, 4) is 11.4 Å². The molecule has 1 amide bonds. The van der Waals surface area contributed by atoms with E-state index in [-0.39, 0.29) is 11.9 Å². The summed E-state index contributed by atoms with van der Waals surface area (Å²) in [6, 6.07) is 18.1. The van der Waals surface area contributed by atoms with Crippen molar-refractivity contribution in [3.63, 3.8) is 0 Å². The van der Waals surface area contributed by atoms with Gasteiger partial charge in [-0.3, -0.25) is 4.79 Å². The van der Waals surface area contributed by atoms with Crippen LogP contribution in [0.2, 0.25) is 0 Å². The van der Waals surface area contributed by atoms with Crippen LogP contribution in [-0.4, -0.2) is 53.2 Å². The van der Waals surface area contributed by atoms with E-state index >= 15 is 0 Å². The quantitative estimate of drug-likeness (QED) is 0.544. The van der Waals surface area contributed by atoms with Crippen LogP contribution < -0.4 is 9.80 Å². The molecule has 1 fully saturated rings. The van der Waals surface area contributed by atoms with Crippen LogP contribution in [-0.2, 0) is 16.0 Å². The zero-order valence-corrected chi connectivity index (χ0v) is 17.6. The van der Waals surface area contributed by atoms with Crippen molar-refractivity contribution in [2.75, 3.05) is 36.1 Å². The lowest BCUT2D eigenvalue weighted by atomic mass is 10.1. The smallest absolute Gasteiger partial charge is 0.231 e. The Morgan fingerprint density at radius 3 is 2.94 bits per heavy atom. The molecule has 160 valence electrons. The number of aromatic amines is 1. The second kappa shape index (κ2) is 7.76. The van der Waals surface area contributed by atoms with Gasteiger partial charge in [-0.1, -0.05) is 42.5 Å². The third kappa shape index (κ3) is 3.22. The van der Waals surface area contributed by atoms with Gasteiger partial charge in [-0.05, 0) is 17.7 Å². The lowest BCUT2D eigenvalue weighted by molar-refractivity contribution is -0.118. The molecule has 2 aromatic heterocycles. The fourth-order valence-electron chi connectivity index (χ4n) is 4.67. The van der Waals surface area contributed by atoms with Crippen LogP contribution in [0.1, 0.15) is 5.56 Å². The minimum atomic E-state index is 0.0479. The summed E-state index contributed by atoms with van der Waals surface area (Å²) in [4.78, 5) is 30.3. The second-order valence-corrected chi connectivity index (χ2v) is 8.24. The molecule has 4 aromatic rings. The first kappa shape index (κ1) is 19.0. The largest absolute Gasteiger partial charge is 0.377 e. The number of carbonyl (C=O) groups is 1. The summed E-state index contributed by atoms with van der Waals surface area (Å²) in [7, 11) is 0. The molecular formula is C25H23N5O2. The minimum absolute atomic E-state index is 0.0479. The maximum Gasteiger partial charge on any atom is 0.231 e. The Morgan fingerprint density at radius 1 is 1.12 bits per heavy atom. The monoisotopic (exact) mass is 425 g/mol. The summed E-state index contributed by atoms with van der Waals surface area (Å²) in [5.41, 5.74) is 3.80. The second-order valence-electron chi connectivity index (χ2n) is 8.24. The number of ether oxygens (including phenoxy) is 1. The molecule has 1 saturated heterocycles. The molecular weight excluding hydrogens is 402 g/mol. The third-order valence-electron chi connectivity index (χ3n) is 6.27. The molecule has 4 heterocycles. The van der Waals surface area contributed by atoms with Crippen molar-refractivity contribution in [3.05, 3.63) is 72.6 Å². The van der Waals surface area contributed by atoms with Crippen molar-refractivity contribution < 1.29 is 9.53 Å². The van der Waals surface area contributed by atoms with Gasteiger partial charge in [0.15, 0.2) is 11.6 Å². The number of H-pyrrole nitrogens is 1. The number of hydrogen-bond donors (Lipinski definition) is 1. The van der Waals surface area contributed by atoms with Crippen LogP contribution in [0.4, 0.5) is 11.5 Å². The van der Waals surface area contributed by atoms with Gasteiger partial charge in [-0.25, -0.2) is 9.97 Å². The molecule has 2 aromatic carbocycles. The molecule has 2 aliphatic rings. The standard InChI is InChI=1S/C25H23N5O2/c31-23(13-17-5-2-1-3-6-17)30-15-18-16-32-12-11-29(18)25-22(30)14-27-24(28-25)20-7-4-8-21-19(20)9-10-26-21/h1-10,14,18,26H,11-13,15-16H2. The summed E-state index contributed by atoms with van der Waals surface area (Å²) < 4.78 is 5.74. The van der Waals surface area contributed by atoms with Crippen molar-refractivity contribution >= 4 is 28.3 Å². The molecule has 1 unspecified atom stereocenters. The van der Waals surface area contributed by atoms with Crippen LogP contribution in [0.5, 0.6) is 0 Å². The lowest BCUT2D eigenvalue weighted by Crippen LogP contribution is -2.57. The molecule has 7 heteroatoms. The number of benzene rings is 2. The van der Waals surface area contributed by atoms with E-state index in [1.807, 2.05) is 65.7 Å². The fraction of sp³-hybridized carbons (Fsp3) is 0.240. The van der Waals surface area contributed by atoms with E-state index < -0.39 is 0 Å². The minimum Gasteiger partial charge on any atom is -0.377 e. The number of nitrogens with zero attached hydrogens (tertiary/aromatic N) is 4. The number of nitrogens with one attached hydrogen (secondary N) is 1. The predicted molar refractivity (Wildman–Crippen MR) is 124 cm³/mol. The SMILES string of the molecule is O=C(Cc1ccccc1)N1CC2COCCN2c2nc(-c3cccc4[nH]ccc34)ncc21. The van der Waals surface area contributed by atoms with Crippen molar-refractivity contribution in [2.24, 2.45) is 0 Å². The fourth-order valence-corrected chi connectivity index (χ4v) is 4.67. The first-order valence-corrected chi connectivity index (χ1v) is 10.9. The summed E-state index contributed by atoms with van der Waals surface area (Å²) in [6.45, 7) is 2.57. The third-order valence-corrected chi connectivity index (χ3v) is 6.27. The molecule has 0 spiro atoms. The summed E-state index contributed by atoms with van der Waals surface area (Å²) >= 11 is 0. The maximum atomic E-state index is 13.3. The van der Waals surface area contributed by atoms with Gasteiger partial charge in [0.2, 0.25) is 5.91 Å². The Balaban J connectivity index is 1.42. The highest BCUT2D eigenvalue weighted by Gasteiger charge is 2.37. The Morgan fingerprint density at radius 2 is 2.03 bits per heavy atom. The van der Waals surface area contributed by atoms with E-state index in [9.17, 15) is 4.79 Å². The summed E-state index contributed by atoms with van der Waals surface area (Å²) in [5, 5.41) is 1.08. The van der Waals surface area contributed by atoms with Crippen LogP contribution in [0.15, 0.2) is 67.0 Å². The average Bonchev–Trinajstić information content (AvgIpc) is 3.33. The highest BCUT2D eigenvalue weighted by Crippen LogP contribution is 2.37. The van der Waals surface area contributed by atoms with Gasteiger partial charge in [-0.2, -0.15) is 0 Å². The van der Waals surface area contributed by atoms with E-state index in [1.54, 1.807) is 6.20 Å². The van der Waals surface area contributed by atoms with E-state index in [2.05, 4.69) is 9.88 Å². The lowest BCUT2D eigenvalue weighted by Gasteiger charge is -2.44. The zero-order chi connectivity index (χ0) is 21.5. The van der Waals surface area contributed by atoms with Gasteiger partial charge in [0.05, 0.1) is 31.9 Å². The molecule has 0 radical (unpaired) electrons. The molecule has 0 aliphatic carbocycles. The maximum absolute atomic E-state index is 13.3. The first-order chi connectivity index (χ1) is 15.8. The number of fused-ring (bicyclic) bond motifs is 4. The highest BCUT2D eigenvalue weighted by molar-refractivity contribution is 5.99. The highest BCUT2D eigenvalue weighted by atomic mass is 16.5. The van der Waals surface area contributed by atoms with Gasteiger partial charge in [0.1, 0.15) is 5.69 Å². The van der Waals surface area contributed by atoms with Crippen LogP contribution >= 0.6 is 0 Å². The Hall–Kier alpha value is -3.71. The Bertz CT molecular complexity index is 1290. The number of carbonyl (C=O) groups excluding carboxylic acids is 1. The Kier molecular flexibility index (Phi) is 4.61.